The fourth-order valence-corrected chi connectivity index (χ4v) is 3.32. The van der Waals surface area contributed by atoms with Crippen molar-refractivity contribution in [3.8, 4) is 11.5 Å². The molecule has 5 nitrogen and oxygen atoms in total. The number of benzene rings is 2. The van der Waals surface area contributed by atoms with Crippen molar-refractivity contribution in [3.05, 3.63) is 64.3 Å². The van der Waals surface area contributed by atoms with Crippen molar-refractivity contribution in [1.29, 1.82) is 0 Å². The average molecular weight is 417 g/mol. The fraction of sp³-hybridized carbons (Fsp3) is 0.238. The van der Waals surface area contributed by atoms with Crippen LogP contribution in [0.15, 0.2) is 48.2 Å². The molecule has 0 N–H and O–H groups in total. The van der Waals surface area contributed by atoms with Gasteiger partial charge >= 0.3 is 0 Å². The standard InChI is InChI=1S/C21H21ClN2O3S/c1-4-24-20(25)17(23(2)21(24)28)11-15-7-10-18(19(12-15)26-3)27-13-14-5-8-16(22)9-6-14/h5-12H,4,13H2,1-3H3/b17-11-. The molecule has 0 unspecified atom stereocenters. The summed E-state index contributed by atoms with van der Waals surface area (Å²) in [6, 6.07) is 13.0. The van der Waals surface area contributed by atoms with Gasteiger partial charge in [-0.05, 0) is 60.6 Å². The van der Waals surface area contributed by atoms with E-state index < -0.39 is 0 Å². The first-order chi connectivity index (χ1) is 13.4. The van der Waals surface area contributed by atoms with Crippen molar-refractivity contribution < 1.29 is 14.3 Å². The van der Waals surface area contributed by atoms with Crippen molar-refractivity contribution in [1.82, 2.24) is 9.80 Å². The van der Waals surface area contributed by atoms with Gasteiger partial charge in [0.2, 0.25) is 0 Å². The van der Waals surface area contributed by atoms with Crippen molar-refractivity contribution in [2.75, 3.05) is 20.7 Å². The van der Waals surface area contributed by atoms with Gasteiger partial charge < -0.3 is 14.4 Å². The van der Waals surface area contributed by atoms with Gasteiger partial charge in [-0.25, -0.2) is 0 Å². The second-order valence-corrected chi connectivity index (χ2v) is 7.05. The fourth-order valence-electron chi connectivity index (χ4n) is 2.88. The molecule has 3 rings (SSSR count). The lowest BCUT2D eigenvalue weighted by Gasteiger charge is -2.14. The topological polar surface area (TPSA) is 42.0 Å². The molecule has 1 amide bonds. The van der Waals surface area contributed by atoms with Crippen LogP contribution in [0, 0.1) is 0 Å². The Morgan fingerprint density at radius 1 is 1.14 bits per heavy atom. The molecule has 1 aliphatic rings. The summed E-state index contributed by atoms with van der Waals surface area (Å²) in [5.74, 6) is 1.11. The predicted molar refractivity (Wildman–Crippen MR) is 115 cm³/mol. The molecule has 1 fully saturated rings. The molecule has 0 aliphatic carbocycles. The Morgan fingerprint density at radius 3 is 2.46 bits per heavy atom. The predicted octanol–water partition coefficient (Wildman–Crippen LogP) is 4.35. The SMILES string of the molecule is CCN1C(=O)/C(=C/c2ccc(OCc3ccc(Cl)cc3)c(OC)c2)N(C)C1=S. The zero-order valence-corrected chi connectivity index (χ0v) is 17.5. The monoisotopic (exact) mass is 416 g/mol. The van der Waals surface area contributed by atoms with E-state index in [1.165, 1.54) is 0 Å². The van der Waals surface area contributed by atoms with E-state index >= 15 is 0 Å². The van der Waals surface area contributed by atoms with E-state index in [0.29, 0.717) is 40.5 Å². The van der Waals surface area contributed by atoms with Crippen molar-refractivity contribution in [2.45, 2.75) is 13.5 Å². The van der Waals surface area contributed by atoms with Gasteiger partial charge in [0.25, 0.3) is 5.91 Å². The first-order valence-electron chi connectivity index (χ1n) is 8.81. The first-order valence-corrected chi connectivity index (χ1v) is 9.59. The molecule has 0 atom stereocenters. The molecular weight excluding hydrogens is 396 g/mol. The summed E-state index contributed by atoms with van der Waals surface area (Å²) >= 11 is 11.2. The summed E-state index contributed by atoms with van der Waals surface area (Å²) in [5, 5.41) is 1.19. The Balaban J connectivity index is 1.80. The van der Waals surface area contributed by atoms with Crippen LogP contribution >= 0.6 is 23.8 Å². The summed E-state index contributed by atoms with van der Waals surface area (Å²) in [7, 11) is 3.38. The number of amides is 1. The second-order valence-electron chi connectivity index (χ2n) is 6.25. The van der Waals surface area contributed by atoms with Crippen LogP contribution in [0.4, 0.5) is 0 Å². The molecule has 0 bridgehead atoms. The number of carbonyl (C=O) groups excluding carboxylic acids is 1. The Kier molecular flexibility index (Phi) is 6.21. The van der Waals surface area contributed by atoms with Gasteiger partial charge in [0.05, 0.1) is 7.11 Å². The van der Waals surface area contributed by atoms with Crippen molar-refractivity contribution in [2.24, 2.45) is 0 Å². The average Bonchev–Trinajstić information content (AvgIpc) is 2.90. The third-order valence-electron chi connectivity index (χ3n) is 4.46. The lowest BCUT2D eigenvalue weighted by atomic mass is 10.1. The highest BCUT2D eigenvalue weighted by Crippen LogP contribution is 2.31. The Hall–Kier alpha value is -2.57. The number of hydrogen-bond donors (Lipinski definition) is 0. The van der Waals surface area contributed by atoms with Gasteiger partial charge in [-0.3, -0.25) is 9.69 Å². The minimum Gasteiger partial charge on any atom is -0.493 e. The van der Waals surface area contributed by atoms with Gasteiger partial charge in [0.1, 0.15) is 12.3 Å². The molecule has 28 heavy (non-hydrogen) atoms. The van der Waals surface area contributed by atoms with Crippen LogP contribution in [-0.4, -0.2) is 41.5 Å². The minimum absolute atomic E-state index is 0.1000. The number of halogens is 1. The highest BCUT2D eigenvalue weighted by molar-refractivity contribution is 7.80. The molecule has 2 aromatic rings. The Morgan fingerprint density at radius 2 is 1.86 bits per heavy atom. The van der Waals surface area contributed by atoms with E-state index in [-0.39, 0.29) is 5.91 Å². The van der Waals surface area contributed by atoms with Gasteiger partial charge in [-0.1, -0.05) is 29.8 Å². The van der Waals surface area contributed by atoms with Gasteiger partial charge in [-0.15, -0.1) is 0 Å². The number of carbonyl (C=O) groups is 1. The smallest absolute Gasteiger partial charge is 0.276 e. The van der Waals surface area contributed by atoms with E-state index in [0.717, 1.165) is 11.1 Å². The van der Waals surface area contributed by atoms with Crippen LogP contribution in [0.2, 0.25) is 5.02 Å². The lowest BCUT2D eigenvalue weighted by Crippen LogP contribution is -2.30. The van der Waals surface area contributed by atoms with Crippen LogP contribution in [0.3, 0.4) is 0 Å². The maximum Gasteiger partial charge on any atom is 0.276 e. The molecule has 0 spiro atoms. The van der Waals surface area contributed by atoms with E-state index in [1.807, 2.05) is 49.4 Å². The molecular formula is C21H21ClN2O3S. The largest absolute Gasteiger partial charge is 0.493 e. The maximum atomic E-state index is 12.5. The summed E-state index contributed by atoms with van der Waals surface area (Å²) in [5.41, 5.74) is 2.36. The van der Waals surface area contributed by atoms with Crippen molar-refractivity contribution in [3.63, 3.8) is 0 Å². The number of ether oxygens (including phenoxy) is 2. The second kappa shape index (κ2) is 8.63. The summed E-state index contributed by atoms with van der Waals surface area (Å²) in [4.78, 5) is 15.8. The minimum atomic E-state index is -0.1000. The molecule has 0 saturated carbocycles. The summed E-state index contributed by atoms with van der Waals surface area (Å²) < 4.78 is 11.3. The zero-order chi connectivity index (χ0) is 20.3. The molecule has 7 heteroatoms. The third-order valence-corrected chi connectivity index (χ3v) is 5.20. The molecule has 146 valence electrons. The van der Waals surface area contributed by atoms with Gasteiger partial charge in [0.15, 0.2) is 16.6 Å². The van der Waals surface area contributed by atoms with Crippen molar-refractivity contribution >= 4 is 40.9 Å². The number of nitrogens with zero attached hydrogens (tertiary/aromatic N) is 2. The van der Waals surface area contributed by atoms with Crippen LogP contribution in [-0.2, 0) is 11.4 Å². The molecule has 1 heterocycles. The van der Waals surface area contributed by atoms with Gasteiger partial charge in [-0.2, -0.15) is 0 Å². The normalized spacial score (nSPS) is 15.5. The third kappa shape index (κ3) is 4.13. The summed E-state index contributed by atoms with van der Waals surface area (Å²) in [6.07, 6.45) is 1.80. The zero-order valence-electron chi connectivity index (χ0n) is 15.9. The number of rotatable bonds is 6. The summed E-state index contributed by atoms with van der Waals surface area (Å²) in [6.45, 7) is 2.84. The maximum absolute atomic E-state index is 12.5. The van der Waals surface area contributed by atoms with E-state index in [4.69, 9.17) is 33.3 Å². The molecule has 1 saturated heterocycles. The molecule has 0 aromatic heterocycles. The van der Waals surface area contributed by atoms with Gasteiger partial charge in [0, 0.05) is 18.6 Å². The quantitative estimate of drug-likeness (QED) is 0.517. The Labute approximate surface area is 175 Å². The van der Waals surface area contributed by atoms with E-state index in [9.17, 15) is 4.79 Å². The van der Waals surface area contributed by atoms with E-state index in [2.05, 4.69) is 0 Å². The number of thiocarbonyl (C=S) groups is 1. The Bertz CT molecular complexity index is 928. The molecule has 1 aliphatic heterocycles. The van der Waals surface area contributed by atoms with Crippen LogP contribution in [0.25, 0.3) is 6.08 Å². The van der Waals surface area contributed by atoms with E-state index in [1.54, 1.807) is 30.0 Å². The van der Waals surface area contributed by atoms with Crippen LogP contribution < -0.4 is 9.47 Å². The first kappa shape index (κ1) is 20.2. The number of likely N-dealkylation sites (N-methyl/N-ethyl adjacent to an activating group) is 2. The van der Waals surface area contributed by atoms with Crippen LogP contribution in [0.5, 0.6) is 11.5 Å². The molecule has 0 radical (unpaired) electrons. The molecule has 2 aromatic carbocycles. The van der Waals surface area contributed by atoms with Crippen LogP contribution in [0.1, 0.15) is 18.1 Å². The lowest BCUT2D eigenvalue weighted by molar-refractivity contribution is -0.122. The number of hydrogen-bond acceptors (Lipinski definition) is 4. The highest BCUT2D eigenvalue weighted by atomic mass is 35.5. The number of methoxy groups -OCH3 is 1. The highest BCUT2D eigenvalue weighted by Gasteiger charge is 2.34.